The number of carbonyl (C=O) groups is 2. The van der Waals surface area contributed by atoms with Gasteiger partial charge in [-0.15, -0.1) is 0 Å². The lowest BCUT2D eigenvalue weighted by atomic mass is 9.70. The molecule has 1 saturated carbocycles. The average molecular weight is 448 g/mol. The predicted molar refractivity (Wildman–Crippen MR) is 112 cm³/mol. The van der Waals surface area contributed by atoms with E-state index in [9.17, 15) is 22.8 Å². The van der Waals surface area contributed by atoms with E-state index in [2.05, 4.69) is 5.32 Å². The van der Waals surface area contributed by atoms with Crippen molar-refractivity contribution < 1.29 is 22.8 Å². The number of halogens is 3. The monoisotopic (exact) mass is 448 g/mol. The maximum Gasteiger partial charge on any atom is 0.417 e. The van der Waals surface area contributed by atoms with Crippen LogP contribution in [0, 0.1) is 28.6 Å². The summed E-state index contributed by atoms with van der Waals surface area (Å²) in [4.78, 5) is 28.9. The first kappa shape index (κ1) is 22.4. The number of hydrogen-bond donors (Lipinski definition) is 1. The summed E-state index contributed by atoms with van der Waals surface area (Å²) in [5.41, 5.74) is -1.42. The van der Waals surface area contributed by atoms with Gasteiger partial charge in [0.05, 0.1) is 23.1 Å². The number of nitrogens with zero attached hydrogens (tertiary/aromatic N) is 3. The second kappa shape index (κ2) is 8.30. The van der Waals surface area contributed by atoms with Crippen molar-refractivity contribution in [1.29, 1.82) is 5.26 Å². The quantitative estimate of drug-likeness (QED) is 0.768. The van der Waals surface area contributed by atoms with Crippen molar-refractivity contribution in [3.8, 4) is 6.07 Å². The maximum atomic E-state index is 13.5. The van der Waals surface area contributed by atoms with Gasteiger partial charge in [-0.25, -0.2) is 0 Å². The number of hydrogen-bond acceptors (Lipinski definition) is 4. The van der Waals surface area contributed by atoms with E-state index in [-0.39, 0.29) is 17.7 Å². The number of alkyl halides is 3. The topological polar surface area (TPSA) is 76.4 Å². The third-order valence-electron chi connectivity index (χ3n) is 7.28. The molecule has 2 aliphatic heterocycles. The second-order valence-electron chi connectivity index (χ2n) is 9.28. The van der Waals surface area contributed by atoms with Crippen molar-refractivity contribution in [3.05, 3.63) is 29.3 Å². The zero-order valence-corrected chi connectivity index (χ0v) is 18.0. The van der Waals surface area contributed by atoms with E-state index < -0.39 is 22.7 Å². The van der Waals surface area contributed by atoms with Gasteiger partial charge in [0.2, 0.25) is 11.8 Å². The molecule has 1 aliphatic carbocycles. The van der Waals surface area contributed by atoms with Crippen LogP contribution in [0.15, 0.2) is 18.2 Å². The third kappa shape index (κ3) is 4.27. The van der Waals surface area contributed by atoms with Crippen molar-refractivity contribution in [2.75, 3.05) is 38.1 Å². The number of likely N-dealkylation sites (tertiary alicyclic amines) is 1. The number of nitrogens with one attached hydrogen (secondary N) is 1. The van der Waals surface area contributed by atoms with Gasteiger partial charge in [-0.05, 0) is 49.8 Å². The van der Waals surface area contributed by atoms with Crippen LogP contribution in [0.4, 0.5) is 18.9 Å². The molecule has 1 atom stereocenters. The summed E-state index contributed by atoms with van der Waals surface area (Å²) in [5.74, 6) is 0.168. The van der Waals surface area contributed by atoms with E-state index >= 15 is 0 Å². The molecule has 1 N–H and O–H groups in total. The zero-order valence-electron chi connectivity index (χ0n) is 18.0. The molecule has 2 saturated heterocycles. The Balaban J connectivity index is 1.55. The molecule has 9 heteroatoms. The third-order valence-corrected chi connectivity index (χ3v) is 7.28. The highest BCUT2D eigenvalue weighted by atomic mass is 19.4. The van der Waals surface area contributed by atoms with Crippen LogP contribution in [0.25, 0.3) is 0 Å². The van der Waals surface area contributed by atoms with E-state index in [4.69, 9.17) is 5.26 Å². The SMILES string of the molecule is CNC(=O)C1CN(c2ccc(C#N)c(C(F)(F)F)c2)CC12CCN(C(=O)CC1CC1)CC2. The van der Waals surface area contributed by atoms with E-state index in [1.54, 1.807) is 13.1 Å². The molecular formula is C23H27F3N4O2. The summed E-state index contributed by atoms with van der Waals surface area (Å²) in [5, 5.41) is 11.8. The van der Waals surface area contributed by atoms with Gasteiger partial charge in [0.15, 0.2) is 0 Å². The molecule has 6 nitrogen and oxygen atoms in total. The minimum atomic E-state index is -4.63. The number of piperidine rings is 1. The van der Waals surface area contributed by atoms with Gasteiger partial charge in [-0.3, -0.25) is 9.59 Å². The average Bonchev–Trinajstić information content (AvgIpc) is 3.52. The van der Waals surface area contributed by atoms with Crippen LogP contribution in [0.5, 0.6) is 0 Å². The summed E-state index contributed by atoms with van der Waals surface area (Å²) in [6.07, 6.45) is -0.542. The number of carbonyl (C=O) groups excluding carboxylic acids is 2. The molecule has 3 aliphatic rings. The van der Waals surface area contributed by atoms with Crippen LogP contribution in [-0.2, 0) is 15.8 Å². The second-order valence-corrected chi connectivity index (χ2v) is 9.28. The fourth-order valence-corrected chi connectivity index (χ4v) is 5.17. The first-order valence-corrected chi connectivity index (χ1v) is 11.0. The molecule has 0 radical (unpaired) electrons. The van der Waals surface area contributed by atoms with Crippen molar-refractivity contribution in [2.45, 2.75) is 38.3 Å². The summed E-state index contributed by atoms with van der Waals surface area (Å²) in [6, 6.07) is 5.32. The van der Waals surface area contributed by atoms with Crippen molar-refractivity contribution in [3.63, 3.8) is 0 Å². The molecule has 172 valence electrons. The Labute approximate surface area is 185 Å². The van der Waals surface area contributed by atoms with Gasteiger partial charge >= 0.3 is 6.18 Å². The van der Waals surface area contributed by atoms with Gasteiger partial charge in [-0.2, -0.15) is 18.4 Å². The Kier molecular flexibility index (Phi) is 5.82. The zero-order chi connectivity index (χ0) is 23.1. The summed E-state index contributed by atoms with van der Waals surface area (Å²) < 4.78 is 40.4. The molecule has 1 spiro atoms. The van der Waals surface area contributed by atoms with Crippen LogP contribution >= 0.6 is 0 Å². The van der Waals surface area contributed by atoms with Crippen LogP contribution in [0.2, 0.25) is 0 Å². The summed E-state index contributed by atoms with van der Waals surface area (Å²) in [6.45, 7) is 1.87. The lowest BCUT2D eigenvalue weighted by molar-refractivity contribution is -0.138. The summed E-state index contributed by atoms with van der Waals surface area (Å²) in [7, 11) is 1.57. The van der Waals surface area contributed by atoms with Crippen LogP contribution in [-0.4, -0.2) is 49.9 Å². The maximum absolute atomic E-state index is 13.5. The van der Waals surface area contributed by atoms with Crippen molar-refractivity contribution in [2.24, 2.45) is 17.3 Å². The Hall–Kier alpha value is -2.76. The first-order valence-electron chi connectivity index (χ1n) is 11.0. The number of nitriles is 1. The van der Waals surface area contributed by atoms with Crippen LogP contribution < -0.4 is 10.2 Å². The van der Waals surface area contributed by atoms with E-state index in [0.29, 0.717) is 57.0 Å². The summed E-state index contributed by atoms with van der Waals surface area (Å²) >= 11 is 0. The Morgan fingerprint density at radius 3 is 2.50 bits per heavy atom. The molecule has 0 aromatic heterocycles. The van der Waals surface area contributed by atoms with Crippen LogP contribution in [0.3, 0.4) is 0 Å². The van der Waals surface area contributed by atoms with E-state index in [1.165, 1.54) is 12.1 Å². The standard InChI is InChI=1S/C23H27F3N4O2/c1-28-21(32)19-13-30(17-5-4-16(12-27)18(11-17)23(24,25)26)14-22(19)6-8-29(9-7-22)20(31)10-15-2-3-15/h4-5,11,15,19H,2-3,6-10,13-14H2,1H3,(H,28,32). The number of amides is 2. The van der Waals surface area contributed by atoms with Gasteiger partial charge < -0.3 is 15.1 Å². The molecule has 32 heavy (non-hydrogen) atoms. The fourth-order valence-electron chi connectivity index (χ4n) is 5.17. The van der Waals surface area contributed by atoms with Crippen molar-refractivity contribution >= 4 is 17.5 Å². The highest BCUT2D eigenvalue weighted by molar-refractivity contribution is 5.81. The van der Waals surface area contributed by atoms with Gasteiger partial charge in [0, 0.05) is 50.7 Å². The Morgan fingerprint density at radius 1 is 1.25 bits per heavy atom. The number of benzene rings is 1. The molecule has 3 fully saturated rings. The molecule has 2 amide bonds. The molecule has 2 heterocycles. The van der Waals surface area contributed by atoms with E-state index in [1.807, 2.05) is 9.80 Å². The normalized spacial score (nSPS) is 22.7. The molecular weight excluding hydrogens is 421 g/mol. The van der Waals surface area contributed by atoms with E-state index in [0.717, 1.165) is 18.9 Å². The number of rotatable bonds is 4. The van der Waals surface area contributed by atoms with Gasteiger partial charge in [0.1, 0.15) is 0 Å². The number of anilines is 1. The first-order chi connectivity index (χ1) is 15.2. The van der Waals surface area contributed by atoms with Gasteiger partial charge in [0.25, 0.3) is 0 Å². The molecule has 4 rings (SSSR count). The highest BCUT2D eigenvalue weighted by Gasteiger charge is 2.51. The Morgan fingerprint density at radius 2 is 1.94 bits per heavy atom. The van der Waals surface area contributed by atoms with Crippen LogP contribution in [0.1, 0.15) is 43.2 Å². The molecule has 1 aromatic rings. The molecule has 1 unspecified atom stereocenters. The Bertz CT molecular complexity index is 944. The largest absolute Gasteiger partial charge is 0.417 e. The predicted octanol–water partition coefficient (Wildman–Crippen LogP) is 3.17. The smallest absolute Gasteiger partial charge is 0.370 e. The minimum Gasteiger partial charge on any atom is -0.370 e. The van der Waals surface area contributed by atoms with Crippen molar-refractivity contribution in [1.82, 2.24) is 10.2 Å². The highest BCUT2D eigenvalue weighted by Crippen LogP contribution is 2.47. The fraction of sp³-hybridized carbons (Fsp3) is 0.609. The lowest BCUT2D eigenvalue weighted by Gasteiger charge is -2.42. The van der Waals surface area contributed by atoms with Gasteiger partial charge in [-0.1, -0.05) is 0 Å². The lowest BCUT2D eigenvalue weighted by Crippen LogP contribution is -2.49. The minimum absolute atomic E-state index is 0.130. The molecule has 1 aromatic carbocycles. The molecule has 0 bridgehead atoms.